The third kappa shape index (κ3) is 2.42. The van der Waals surface area contributed by atoms with Crippen LogP contribution in [0.2, 0.25) is 0 Å². The zero-order valence-electron chi connectivity index (χ0n) is 13.0. The van der Waals surface area contributed by atoms with E-state index in [2.05, 4.69) is 47.1 Å². The second kappa shape index (κ2) is 5.08. The number of hydrogen-bond acceptors (Lipinski definition) is 5. The van der Waals surface area contributed by atoms with Gasteiger partial charge in [-0.3, -0.25) is 0 Å². The highest BCUT2D eigenvalue weighted by atomic mass is 16.5. The van der Waals surface area contributed by atoms with E-state index in [1.54, 1.807) is 10.8 Å². The second-order valence-corrected chi connectivity index (χ2v) is 5.85. The van der Waals surface area contributed by atoms with Crippen molar-refractivity contribution in [1.82, 2.24) is 19.6 Å². The van der Waals surface area contributed by atoms with Gasteiger partial charge in [0.2, 0.25) is 5.95 Å². The standard InChI is InChI=1S/C17H17N5O/c1-10-6-11(2)8-12(7-10)13-9-15-20-16(14-4-3-5-23-14)21-22(15)17(18)19-13/h3,5-9,14H,4H2,1-2H3,(H2,18,19). The first-order valence-electron chi connectivity index (χ1n) is 7.52. The number of ether oxygens (including phenoxy) is 1. The first-order chi connectivity index (χ1) is 11.1. The number of aryl methyl sites for hydroxylation is 2. The molecule has 1 aliphatic heterocycles. The van der Waals surface area contributed by atoms with Crippen molar-refractivity contribution in [2.24, 2.45) is 0 Å². The molecule has 3 aromatic rings. The van der Waals surface area contributed by atoms with Crippen molar-refractivity contribution in [1.29, 1.82) is 0 Å². The molecule has 0 saturated heterocycles. The van der Waals surface area contributed by atoms with E-state index >= 15 is 0 Å². The van der Waals surface area contributed by atoms with E-state index in [-0.39, 0.29) is 6.10 Å². The molecule has 1 aromatic carbocycles. The van der Waals surface area contributed by atoms with E-state index in [0.29, 0.717) is 17.4 Å². The van der Waals surface area contributed by atoms with Crippen molar-refractivity contribution < 1.29 is 4.74 Å². The highest BCUT2D eigenvalue weighted by Crippen LogP contribution is 2.27. The SMILES string of the molecule is Cc1cc(C)cc(-c2cc3nc(C4CC=CO4)nn3c(N)n2)c1. The summed E-state index contributed by atoms with van der Waals surface area (Å²) in [6.45, 7) is 4.13. The molecule has 1 atom stereocenters. The molecule has 0 amide bonds. The summed E-state index contributed by atoms with van der Waals surface area (Å²) in [4.78, 5) is 9.03. The molecular formula is C17H17N5O. The molecule has 0 saturated carbocycles. The number of nitrogens with two attached hydrogens (primary N) is 1. The fraction of sp³-hybridized carbons (Fsp3) is 0.235. The van der Waals surface area contributed by atoms with Crippen molar-refractivity contribution in [2.45, 2.75) is 26.4 Å². The van der Waals surface area contributed by atoms with E-state index in [0.717, 1.165) is 17.7 Å². The molecule has 0 radical (unpaired) electrons. The van der Waals surface area contributed by atoms with Crippen LogP contribution in [0.5, 0.6) is 0 Å². The molecule has 23 heavy (non-hydrogen) atoms. The number of nitrogen functional groups attached to an aromatic ring is 1. The van der Waals surface area contributed by atoms with Gasteiger partial charge in [-0.1, -0.05) is 17.2 Å². The van der Waals surface area contributed by atoms with Crippen LogP contribution in [0.3, 0.4) is 0 Å². The Balaban J connectivity index is 1.82. The Morgan fingerprint density at radius 2 is 1.91 bits per heavy atom. The Bertz CT molecular complexity index is 900. The number of benzene rings is 1. The predicted octanol–water partition coefficient (Wildman–Crippen LogP) is 2.97. The van der Waals surface area contributed by atoms with Gasteiger partial charge in [0.1, 0.15) is 0 Å². The molecule has 6 nitrogen and oxygen atoms in total. The van der Waals surface area contributed by atoms with Crippen molar-refractivity contribution in [3.05, 3.63) is 53.6 Å². The summed E-state index contributed by atoms with van der Waals surface area (Å²) < 4.78 is 7.03. The molecule has 2 aromatic heterocycles. The van der Waals surface area contributed by atoms with Crippen LogP contribution in [0.25, 0.3) is 16.9 Å². The summed E-state index contributed by atoms with van der Waals surface area (Å²) in [5.41, 5.74) is 11.0. The summed E-state index contributed by atoms with van der Waals surface area (Å²) in [7, 11) is 0. The van der Waals surface area contributed by atoms with Crippen molar-refractivity contribution in [2.75, 3.05) is 5.73 Å². The molecule has 4 rings (SSSR count). The van der Waals surface area contributed by atoms with Gasteiger partial charge in [0.25, 0.3) is 0 Å². The molecule has 3 heterocycles. The monoisotopic (exact) mass is 307 g/mol. The predicted molar refractivity (Wildman–Crippen MR) is 87.7 cm³/mol. The third-order valence-electron chi connectivity index (χ3n) is 3.86. The molecule has 6 heteroatoms. The molecule has 0 fully saturated rings. The zero-order valence-corrected chi connectivity index (χ0v) is 13.0. The van der Waals surface area contributed by atoms with Gasteiger partial charge in [-0.05, 0) is 32.1 Å². The van der Waals surface area contributed by atoms with Gasteiger partial charge >= 0.3 is 0 Å². The Hall–Kier alpha value is -2.89. The maximum Gasteiger partial charge on any atom is 0.223 e. The maximum absolute atomic E-state index is 6.08. The lowest BCUT2D eigenvalue weighted by Gasteiger charge is -2.06. The van der Waals surface area contributed by atoms with Crippen LogP contribution in [-0.2, 0) is 4.74 Å². The van der Waals surface area contributed by atoms with E-state index < -0.39 is 0 Å². The van der Waals surface area contributed by atoms with E-state index in [1.807, 2.05) is 12.1 Å². The van der Waals surface area contributed by atoms with E-state index in [4.69, 9.17) is 10.5 Å². The number of rotatable bonds is 2. The fourth-order valence-electron chi connectivity index (χ4n) is 2.89. The van der Waals surface area contributed by atoms with Crippen LogP contribution in [0, 0.1) is 13.8 Å². The van der Waals surface area contributed by atoms with Crippen molar-refractivity contribution in [3.63, 3.8) is 0 Å². The quantitative estimate of drug-likeness (QED) is 0.787. The van der Waals surface area contributed by atoms with Crippen LogP contribution in [0.15, 0.2) is 36.6 Å². The minimum absolute atomic E-state index is 0.140. The molecule has 1 aliphatic rings. The lowest BCUT2D eigenvalue weighted by atomic mass is 10.0. The van der Waals surface area contributed by atoms with Crippen LogP contribution in [0.1, 0.15) is 29.5 Å². The molecular weight excluding hydrogens is 290 g/mol. The maximum atomic E-state index is 6.08. The molecule has 2 N–H and O–H groups in total. The number of nitrogens with zero attached hydrogens (tertiary/aromatic N) is 4. The Kier molecular flexibility index (Phi) is 3.04. The molecule has 1 unspecified atom stereocenters. The second-order valence-electron chi connectivity index (χ2n) is 5.85. The summed E-state index contributed by atoms with van der Waals surface area (Å²) in [6.07, 6.45) is 4.27. The minimum atomic E-state index is -0.140. The van der Waals surface area contributed by atoms with Gasteiger partial charge < -0.3 is 10.5 Å². The van der Waals surface area contributed by atoms with Gasteiger partial charge in [-0.2, -0.15) is 4.52 Å². The summed E-state index contributed by atoms with van der Waals surface area (Å²) >= 11 is 0. The number of hydrogen-bond donors (Lipinski definition) is 1. The van der Waals surface area contributed by atoms with Crippen LogP contribution in [-0.4, -0.2) is 19.6 Å². The first kappa shape index (κ1) is 13.8. The number of aromatic nitrogens is 4. The van der Waals surface area contributed by atoms with Crippen LogP contribution < -0.4 is 5.73 Å². The average Bonchev–Trinajstić information content (AvgIpc) is 3.15. The van der Waals surface area contributed by atoms with E-state index in [9.17, 15) is 0 Å². The van der Waals surface area contributed by atoms with Gasteiger partial charge in [0.05, 0.1) is 12.0 Å². The summed E-state index contributed by atoms with van der Waals surface area (Å²) in [6, 6.07) is 8.22. The Labute approximate surface area is 133 Å². The number of fused-ring (bicyclic) bond motifs is 1. The molecule has 116 valence electrons. The average molecular weight is 307 g/mol. The molecule has 0 bridgehead atoms. The van der Waals surface area contributed by atoms with E-state index in [1.165, 1.54) is 11.1 Å². The smallest absolute Gasteiger partial charge is 0.223 e. The third-order valence-corrected chi connectivity index (χ3v) is 3.86. The van der Waals surface area contributed by atoms with Crippen molar-refractivity contribution >= 4 is 11.6 Å². The Morgan fingerprint density at radius 1 is 1.13 bits per heavy atom. The minimum Gasteiger partial charge on any atom is -0.490 e. The highest BCUT2D eigenvalue weighted by Gasteiger charge is 2.21. The number of anilines is 1. The normalized spacial score (nSPS) is 16.9. The Morgan fingerprint density at radius 3 is 2.61 bits per heavy atom. The molecule has 0 aliphatic carbocycles. The van der Waals surface area contributed by atoms with Crippen molar-refractivity contribution in [3.8, 4) is 11.3 Å². The zero-order chi connectivity index (χ0) is 16.0. The lowest BCUT2D eigenvalue weighted by Crippen LogP contribution is -2.04. The lowest BCUT2D eigenvalue weighted by molar-refractivity contribution is 0.164. The van der Waals surface area contributed by atoms with Gasteiger partial charge in [-0.15, -0.1) is 5.10 Å². The largest absolute Gasteiger partial charge is 0.490 e. The van der Waals surface area contributed by atoms with Gasteiger partial charge in [-0.25, -0.2) is 9.97 Å². The van der Waals surface area contributed by atoms with Crippen LogP contribution >= 0.6 is 0 Å². The fourth-order valence-corrected chi connectivity index (χ4v) is 2.89. The summed E-state index contributed by atoms with van der Waals surface area (Å²) in [5, 5.41) is 4.42. The first-order valence-corrected chi connectivity index (χ1v) is 7.52. The van der Waals surface area contributed by atoms with Gasteiger partial charge in [0.15, 0.2) is 17.6 Å². The van der Waals surface area contributed by atoms with Crippen LogP contribution in [0.4, 0.5) is 5.95 Å². The topological polar surface area (TPSA) is 78.3 Å². The van der Waals surface area contributed by atoms with Gasteiger partial charge in [0, 0.05) is 18.1 Å². The molecule has 0 spiro atoms. The summed E-state index contributed by atoms with van der Waals surface area (Å²) in [5.74, 6) is 0.947. The highest BCUT2D eigenvalue weighted by molar-refractivity contribution is 5.66.